The molecular formula is C54H108N2O6. The minimum Gasteiger partial charge on any atom is -0.466 e. The van der Waals surface area contributed by atoms with Crippen molar-refractivity contribution >= 4 is 12.1 Å². The molecule has 0 aromatic heterocycles. The zero-order valence-corrected chi connectivity index (χ0v) is 42.7. The molecule has 0 bridgehead atoms. The van der Waals surface area contributed by atoms with Crippen molar-refractivity contribution in [2.24, 2.45) is 11.8 Å². The van der Waals surface area contributed by atoms with E-state index in [4.69, 9.17) is 18.9 Å². The molecule has 0 aromatic carbocycles. The first-order valence-electron chi connectivity index (χ1n) is 27.1. The van der Waals surface area contributed by atoms with Gasteiger partial charge in [0, 0.05) is 19.5 Å². The number of carbonyl (C=O) groups excluding carboxylic acids is 2. The van der Waals surface area contributed by atoms with E-state index in [0.717, 1.165) is 50.7 Å². The molecule has 0 aliphatic rings. The quantitative estimate of drug-likeness (QED) is 0.0481. The number of ether oxygens (including phenoxy) is 4. The lowest BCUT2D eigenvalue weighted by atomic mass is 9.90. The minimum absolute atomic E-state index is 0.00738. The van der Waals surface area contributed by atoms with Crippen LogP contribution in [0.3, 0.4) is 0 Å². The largest absolute Gasteiger partial charge is 0.466 e. The number of alkyl carbamates (subject to hydrolysis) is 1. The van der Waals surface area contributed by atoms with Gasteiger partial charge in [-0.15, -0.1) is 0 Å². The van der Waals surface area contributed by atoms with Gasteiger partial charge in [0.15, 0.2) is 0 Å². The van der Waals surface area contributed by atoms with Crippen LogP contribution < -0.4 is 5.32 Å². The number of nitrogens with zero attached hydrogens (tertiary/aromatic N) is 1. The second-order valence-electron chi connectivity index (χ2n) is 19.7. The number of esters is 1. The summed E-state index contributed by atoms with van der Waals surface area (Å²) in [6, 6.07) is 0. The summed E-state index contributed by atoms with van der Waals surface area (Å²) in [5.41, 5.74) is -0.501. The first-order valence-corrected chi connectivity index (χ1v) is 27.1. The van der Waals surface area contributed by atoms with Crippen LogP contribution in [0.25, 0.3) is 0 Å². The van der Waals surface area contributed by atoms with Gasteiger partial charge in [-0.2, -0.15) is 0 Å². The Hall–Kier alpha value is -1.38. The highest BCUT2D eigenvalue weighted by molar-refractivity contribution is 5.69. The fourth-order valence-corrected chi connectivity index (χ4v) is 8.58. The van der Waals surface area contributed by atoms with Crippen LogP contribution in [0.2, 0.25) is 0 Å². The van der Waals surface area contributed by atoms with Crippen LogP contribution in [0, 0.1) is 11.8 Å². The van der Waals surface area contributed by atoms with Crippen molar-refractivity contribution in [3.8, 4) is 0 Å². The monoisotopic (exact) mass is 881 g/mol. The lowest BCUT2D eigenvalue weighted by molar-refractivity contribution is -0.144. The summed E-state index contributed by atoms with van der Waals surface area (Å²) in [7, 11) is 0. The SMILES string of the molecule is CCCCCC(CCCCC)CCCCCCCCCCN(CCCCCCCC(=O)OCCCC(CCCCC)CCCCC)CCOCCOCCNC(=O)OC(C)(C)C. The molecule has 62 heavy (non-hydrogen) atoms. The van der Waals surface area contributed by atoms with Gasteiger partial charge < -0.3 is 29.2 Å². The minimum atomic E-state index is -0.501. The highest BCUT2D eigenvalue weighted by atomic mass is 16.6. The summed E-state index contributed by atoms with van der Waals surface area (Å²) in [5, 5.41) is 2.73. The van der Waals surface area contributed by atoms with Crippen LogP contribution in [0.5, 0.6) is 0 Å². The normalized spacial score (nSPS) is 12.0. The Morgan fingerprint density at radius 3 is 1.32 bits per heavy atom. The van der Waals surface area contributed by atoms with Crippen LogP contribution in [0.15, 0.2) is 0 Å². The van der Waals surface area contributed by atoms with Crippen LogP contribution in [-0.2, 0) is 23.7 Å². The van der Waals surface area contributed by atoms with E-state index >= 15 is 0 Å². The zero-order chi connectivity index (χ0) is 45.6. The summed E-state index contributed by atoms with van der Waals surface area (Å²) in [6.07, 6.45) is 42.2. The first kappa shape index (κ1) is 60.6. The van der Waals surface area contributed by atoms with Gasteiger partial charge in [0.25, 0.3) is 0 Å². The van der Waals surface area contributed by atoms with E-state index in [1.54, 1.807) is 0 Å². The van der Waals surface area contributed by atoms with Crippen LogP contribution in [0.1, 0.15) is 260 Å². The van der Waals surface area contributed by atoms with E-state index in [1.165, 1.54) is 186 Å². The number of hydrogen-bond acceptors (Lipinski definition) is 7. The third-order valence-electron chi connectivity index (χ3n) is 12.4. The molecule has 0 aromatic rings. The number of nitrogens with one attached hydrogen (secondary N) is 1. The Kier molecular flexibility index (Phi) is 45.1. The predicted octanol–water partition coefficient (Wildman–Crippen LogP) is 15.6. The topological polar surface area (TPSA) is 86.3 Å². The zero-order valence-electron chi connectivity index (χ0n) is 42.7. The molecular weight excluding hydrogens is 773 g/mol. The van der Waals surface area contributed by atoms with Crippen molar-refractivity contribution in [1.82, 2.24) is 10.2 Å². The summed E-state index contributed by atoms with van der Waals surface area (Å²) in [4.78, 5) is 26.8. The highest BCUT2D eigenvalue weighted by Crippen LogP contribution is 2.25. The number of carbonyl (C=O) groups is 2. The lowest BCUT2D eigenvalue weighted by Crippen LogP contribution is -2.34. The Morgan fingerprint density at radius 1 is 0.452 bits per heavy atom. The van der Waals surface area contributed by atoms with Gasteiger partial charge in [-0.05, 0) is 77.8 Å². The fourth-order valence-electron chi connectivity index (χ4n) is 8.58. The predicted molar refractivity (Wildman–Crippen MR) is 265 cm³/mol. The average molecular weight is 881 g/mol. The van der Waals surface area contributed by atoms with E-state index in [2.05, 4.69) is 37.9 Å². The molecule has 1 N–H and O–H groups in total. The summed E-state index contributed by atoms with van der Waals surface area (Å²) in [6.45, 7) is 21.2. The maximum absolute atomic E-state index is 12.4. The molecule has 0 saturated carbocycles. The van der Waals surface area contributed by atoms with Gasteiger partial charge in [-0.25, -0.2) is 4.79 Å². The van der Waals surface area contributed by atoms with E-state index in [-0.39, 0.29) is 5.97 Å². The molecule has 8 nitrogen and oxygen atoms in total. The van der Waals surface area contributed by atoms with Crippen molar-refractivity contribution in [3.63, 3.8) is 0 Å². The molecule has 370 valence electrons. The van der Waals surface area contributed by atoms with Crippen LogP contribution in [0.4, 0.5) is 4.79 Å². The number of unbranched alkanes of at least 4 members (excludes halogenated alkanes) is 19. The molecule has 0 spiro atoms. The molecule has 0 saturated heterocycles. The third kappa shape index (κ3) is 45.2. The van der Waals surface area contributed by atoms with Crippen molar-refractivity contribution < 1.29 is 28.5 Å². The van der Waals surface area contributed by atoms with Gasteiger partial charge in [-0.3, -0.25) is 4.79 Å². The maximum atomic E-state index is 12.4. The molecule has 0 radical (unpaired) electrons. The maximum Gasteiger partial charge on any atom is 0.407 e. The second kappa shape index (κ2) is 46.2. The highest BCUT2D eigenvalue weighted by Gasteiger charge is 2.16. The number of rotatable bonds is 48. The molecule has 0 aliphatic heterocycles. The van der Waals surface area contributed by atoms with E-state index in [9.17, 15) is 9.59 Å². The number of amides is 1. The molecule has 0 aliphatic carbocycles. The average Bonchev–Trinajstić information content (AvgIpc) is 3.23. The third-order valence-corrected chi connectivity index (χ3v) is 12.4. The molecule has 0 atom stereocenters. The molecule has 0 heterocycles. The van der Waals surface area contributed by atoms with Crippen molar-refractivity contribution in [1.29, 1.82) is 0 Å². The van der Waals surface area contributed by atoms with Gasteiger partial charge in [0.05, 0.1) is 33.0 Å². The van der Waals surface area contributed by atoms with Crippen molar-refractivity contribution in [3.05, 3.63) is 0 Å². The van der Waals surface area contributed by atoms with E-state index in [1.807, 2.05) is 20.8 Å². The van der Waals surface area contributed by atoms with E-state index < -0.39 is 11.7 Å². The Balaban J connectivity index is 4.40. The van der Waals surface area contributed by atoms with E-state index in [0.29, 0.717) is 46.0 Å². The van der Waals surface area contributed by atoms with Gasteiger partial charge in [0.2, 0.25) is 0 Å². The Labute approximate surface area is 386 Å². The second-order valence-corrected chi connectivity index (χ2v) is 19.7. The number of hydrogen-bond donors (Lipinski definition) is 1. The lowest BCUT2D eigenvalue weighted by Gasteiger charge is -2.22. The smallest absolute Gasteiger partial charge is 0.407 e. The molecule has 0 unspecified atom stereocenters. The summed E-state index contributed by atoms with van der Waals surface area (Å²) in [5.74, 6) is 1.77. The Bertz CT molecular complexity index is 922. The van der Waals surface area contributed by atoms with Gasteiger partial charge in [0.1, 0.15) is 5.60 Å². The van der Waals surface area contributed by atoms with Crippen molar-refractivity contribution in [2.75, 3.05) is 59.2 Å². The van der Waals surface area contributed by atoms with Crippen LogP contribution >= 0.6 is 0 Å². The Morgan fingerprint density at radius 2 is 0.855 bits per heavy atom. The summed E-state index contributed by atoms with van der Waals surface area (Å²) < 4.78 is 22.5. The first-order chi connectivity index (χ1) is 30.1. The standard InChI is InChI=1S/C54H108N2O6/c1-8-12-25-34-50(35-26-13-9-2)38-29-21-18-16-17-19-23-31-42-56(44-47-60-49-48-59-46-41-55-53(58)62-54(5,6)7)43-32-24-20-22-30-40-52(57)61-45-33-39-51(36-27-14-10-3)37-28-15-11-4/h50-51H,8-49H2,1-7H3,(H,55,58). The van der Waals surface area contributed by atoms with Gasteiger partial charge in [-0.1, -0.05) is 201 Å². The van der Waals surface area contributed by atoms with Crippen LogP contribution in [-0.4, -0.2) is 81.8 Å². The molecule has 0 fully saturated rings. The van der Waals surface area contributed by atoms with Gasteiger partial charge >= 0.3 is 12.1 Å². The molecule has 1 amide bonds. The van der Waals surface area contributed by atoms with Crippen molar-refractivity contribution in [2.45, 2.75) is 266 Å². The summed E-state index contributed by atoms with van der Waals surface area (Å²) >= 11 is 0. The fraction of sp³-hybridized carbons (Fsp3) is 0.963. The molecule has 8 heteroatoms. The molecule has 0 rings (SSSR count).